The Labute approximate surface area is 155 Å². The highest BCUT2D eigenvalue weighted by molar-refractivity contribution is 5.89. The van der Waals surface area contributed by atoms with Crippen molar-refractivity contribution in [3.8, 4) is 11.5 Å². The molecular weight excluding hydrogens is 361 g/mol. The van der Waals surface area contributed by atoms with Gasteiger partial charge in [-0.3, -0.25) is 0 Å². The van der Waals surface area contributed by atoms with Gasteiger partial charge in [0.25, 0.3) is 0 Å². The van der Waals surface area contributed by atoms with Crippen LogP contribution in [0.3, 0.4) is 0 Å². The van der Waals surface area contributed by atoms with Crippen LogP contribution in [-0.2, 0) is 22.1 Å². The van der Waals surface area contributed by atoms with Gasteiger partial charge in [0.05, 0.1) is 5.56 Å². The number of carbonyl (C=O) groups is 1. The highest BCUT2D eigenvalue weighted by atomic mass is 19.4. The number of halogens is 3. The predicted octanol–water partition coefficient (Wildman–Crippen LogP) is 4.87. The molecule has 0 aromatic heterocycles. The van der Waals surface area contributed by atoms with Crippen LogP contribution in [0.15, 0.2) is 48.5 Å². The van der Waals surface area contributed by atoms with Gasteiger partial charge in [-0.05, 0) is 35.8 Å². The van der Waals surface area contributed by atoms with Crippen molar-refractivity contribution in [2.24, 2.45) is 0 Å². The van der Waals surface area contributed by atoms with Crippen LogP contribution in [-0.4, -0.2) is 19.9 Å². The van der Waals surface area contributed by atoms with E-state index in [9.17, 15) is 18.0 Å². The minimum Gasteiger partial charge on any atom is -0.464 e. The summed E-state index contributed by atoms with van der Waals surface area (Å²) in [6, 6.07) is 10.9. The van der Waals surface area contributed by atoms with Crippen molar-refractivity contribution < 1.29 is 32.2 Å². The van der Waals surface area contributed by atoms with Crippen LogP contribution in [0.5, 0.6) is 11.5 Å². The lowest BCUT2D eigenvalue weighted by atomic mass is 10.0. The summed E-state index contributed by atoms with van der Waals surface area (Å²) in [7, 11) is 1.37. The van der Waals surface area contributed by atoms with Gasteiger partial charge in [-0.2, -0.15) is 13.2 Å². The smallest absolute Gasteiger partial charge is 0.416 e. The van der Waals surface area contributed by atoms with E-state index in [0.29, 0.717) is 0 Å². The number of aryl methyl sites for hydroxylation is 1. The summed E-state index contributed by atoms with van der Waals surface area (Å²) in [6.45, 7) is 1.40. The Hall–Kier alpha value is -2.80. The summed E-state index contributed by atoms with van der Waals surface area (Å²) >= 11 is 0. The van der Waals surface area contributed by atoms with Gasteiger partial charge in [-0.25, -0.2) is 4.79 Å². The van der Waals surface area contributed by atoms with Crippen molar-refractivity contribution in [2.45, 2.75) is 19.5 Å². The van der Waals surface area contributed by atoms with E-state index in [0.717, 1.165) is 17.7 Å². The number of carbonyl (C=O) groups excluding carboxylic acids is 1. The fraction of sp³-hybridized carbons (Fsp3) is 0.250. The van der Waals surface area contributed by atoms with Crippen molar-refractivity contribution in [1.29, 1.82) is 0 Å². The molecule has 0 fully saturated rings. The summed E-state index contributed by atoms with van der Waals surface area (Å²) in [5.41, 5.74) is -0.0829. The molecule has 2 rings (SSSR count). The molecular formula is C20H19F3O4. The van der Waals surface area contributed by atoms with Crippen molar-refractivity contribution in [2.75, 3.05) is 13.9 Å². The monoisotopic (exact) mass is 380 g/mol. The first-order valence-electron chi connectivity index (χ1n) is 8.16. The third-order valence-electron chi connectivity index (χ3n) is 3.61. The molecule has 0 amide bonds. The highest BCUT2D eigenvalue weighted by Crippen LogP contribution is 2.39. The molecule has 2 aromatic carbocycles. The second kappa shape index (κ2) is 9.23. The number of ether oxygens (including phenoxy) is 3. The molecule has 7 heteroatoms. The summed E-state index contributed by atoms with van der Waals surface area (Å²) in [6.07, 6.45) is -1.80. The molecule has 0 aliphatic rings. The van der Waals surface area contributed by atoms with Crippen molar-refractivity contribution in [1.82, 2.24) is 0 Å². The molecule has 0 saturated carbocycles. The van der Waals surface area contributed by atoms with Crippen LogP contribution >= 0.6 is 0 Å². The standard InChI is InChI=1S/C20H19F3O4/c1-3-15-11-17(26-13-25-2)18(12-16(15)20(21,22)23)27-19(24)10-9-14-7-5-4-6-8-14/h4-12H,3,13H2,1-2H3. The zero-order chi connectivity index (χ0) is 19.9. The molecule has 0 unspecified atom stereocenters. The zero-order valence-electron chi connectivity index (χ0n) is 14.9. The van der Waals surface area contributed by atoms with Gasteiger partial charge in [0.1, 0.15) is 0 Å². The maximum Gasteiger partial charge on any atom is 0.416 e. The largest absolute Gasteiger partial charge is 0.464 e. The first-order chi connectivity index (χ1) is 12.8. The molecule has 27 heavy (non-hydrogen) atoms. The Bertz CT molecular complexity index is 799. The Kier molecular flexibility index (Phi) is 7.01. The molecule has 0 saturated heterocycles. The maximum atomic E-state index is 13.3. The Morgan fingerprint density at radius 1 is 1.11 bits per heavy atom. The second-order valence-electron chi connectivity index (χ2n) is 5.52. The lowest BCUT2D eigenvalue weighted by molar-refractivity contribution is -0.139. The van der Waals surface area contributed by atoms with Crippen LogP contribution in [0, 0.1) is 0 Å². The Balaban J connectivity index is 2.31. The van der Waals surface area contributed by atoms with Crippen molar-refractivity contribution >= 4 is 12.0 Å². The van der Waals surface area contributed by atoms with Gasteiger partial charge in [-0.15, -0.1) is 0 Å². The van der Waals surface area contributed by atoms with Crippen LogP contribution in [0.1, 0.15) is 23.6 Å². The van der Waals surface area contributed by atoms with Crippen molar-refractivity contribution in [3.63, 3.8) is 0 Å². The molecule has 4 nitrogen and oxygen atoms in total. The second-order valence-corrected chi connectivity index (χ2v) is 5.52. The summed E-state index contributed by atoms with van der Waals surface area (Å²) in [5.74, 6) is -1.14. The minimum absolute atomic E-state index is 0.00293. The predicted molar refractivity (Wildman–Crippen MR) is 94.4 cm³/mol. The summed E-state index contributed by atoms with van der Waals surface area (Å²) < 4.78 is 55.0. The van der Waals surface area contributed by atoms with Crippen LogP contribution in [0.4, 0.5) is 13.2 Å². The molecule has 0 N–H and O–H groups in total. The van der Waals surface area contributed by atoms with Crippen LogP contribution < -0.4 is 9.47 Å². The molecule has 2 aromatic rings. The third-order valence-corrected chi connectivity index (χ3v) is 3.61. The zero-order valence-corrected chi connectivity index (χ0v) is 14.9. The SMILES string of the molecule is CCc1cc(OCOC)c(OC(=O)C=Cc2ccccc2)cc1C(F)(F)F. The lowest BCUT2D eigenvalue weighted by Gasteiger charge is -2.17. The summed E-state index contributed by atoms with van der Waals surface area (Å²) in [5, 5.41) is 0. The van der Waals surface area contributed by atoms with E-state index in [1.54, 1.807) is 31.2 Å². The fourth-order valence-electron chi connectivity index (χ4n) is 2.34. The van der Waals surface area contributed by atoms with E-state index in [-0.39, 0.29) is 30.3 Å². The molecule has 0 heterocycles. The van der Waals surface area contributed by atoms with Crippen LogP contribution in [0.2, 0.25) is 0 Å². The average Bonchev–Trinajstić information content (AvgIpc) is 2.65. The van der Waals surface area contributed by atoms with Gasteiger partial charge in [0.15, 0.2) is 18.3 Å². The number of alkyl halides is 3. The van der Waals surface area contributed by atoms with Gasteiger partial charge in [0.2, 0.25) is 0 Å². The van der Waals surface area contributed by atoms with Gasteiger partial charge in [0, 0.05) is 13.2 Å². The van der Waals surface area contributed by atoms with E-state index < -0.39 is 17.7 Å². The number of hydrogen-bond acceptors (Lipinski definition) is 4. The third kappa shape index (κ3) is 5.86. The topological polar surface area (TPSA) is 44.8 Å². The molecule has 0 spiro atoms. The minimum atomic E-state index is -4.58. The fourth-order valence-corrected chi connectivity index (χ4v) is 2.34. The Morgan fingerprint density at radius 2 is 1.81 bits per heavy atom. The lowest BCUT2D eigenvalue weighted by Crippen LogP contribution is -2.13. The van der Waals surface area contributed by atoms with Crippen molar-refractivity contribution in [3.05, 3.63) is 65.2 Å². The number of esters is 1. The number of rotatable bonds is 7. The highest BCUT2D eigenvalue weighted by Gasteiger charge is 2.34. The molecule has 0 atom stereocenters. The van der Waals surface area contributed by atoms with E-state index in [4.69, 9.17) is 14.2 Å². The normalized spacial score (nSPS) is 11.6. The molecule has 0 radical (unpaired) electrons. The quantitative estimate of drug-likeness (QED) is 0.298. The number of benzene rings is 2. The van der Waals surface area contributed by atoms with Gasteiger partial charge >= 0.3 is 12.1 Å². The first-order valence-corrected chi connectivity index (χ1v) is 8.16. The van der Waals surface area contributed by atoms with Crippen LogP contribution in [0.25, 0.3) is 6.08 Å². The van der Waals surface area contributed by atoms with E-state index >= 15 is 0 Å². The molecule has 0 aliphatic carbocycles. The first kappa shape index (κ1) is 20.5. The van der Waals surface area contributed by atoms with E-state index in [1.807, 2.05) is 6.07 Å². The number of hydrogen-bond donors (Lipinski definition) is 0. The molecule has 0 aliphatic heterocycles. The number of methoxy groups -OCH3 is 1. The van der Waals surface area contributed by atoms with E-state index in [2.05, 4.69) is 0 Å². The van der Waals surface area contributed by atoms with Gasteiger partial charge < -0.3 is 14.2 Å². The molecule has 0 bridgehead atoms. The average molecular weight is 380 g/mol. The molecule has 144 valence electrons. The van der Waals surface area contributed by atoms with E-state index in [1.165, 1.54) is 19.3 Å². The summed E-state index contributed by atoms with van der Waals surface area (Å²) in [4.78, 5) is 12.1. The maximum absolute atomic E-state index is 13.3. The Morgan fingerprint density at radius 3 is 2.41 bits per heavy atom. The van der Waals surface area contributed by atoms with Gasteiger partial charge in [-0.1, -0.05) is 37.3 Å².